The molecular formula is C13H8O5. The summed E-state index contributed by atoms with van der Waals surface area (Å²) in [5.41, 5.74) is -0.133. The predicted molar refractivity (Wildman–Crippen MR) is 60.5 cm³/mol. The SMILES string of the molecule is O=C(O)C(=O)c1ccccc1C(=O)c1ccco1. The molecule has 0 aliphatic carbocycles. The lowest BCUT2D eigenvalue weighted by Gasteiger charge is -2.03. The minimum Gasteiger partial charge on any atom is -0.475 e. The summed E-state index contributed by atoms with van der Waals surface area (Å²) < 4.78 is 4.94. The second kappa shape index (κ2) is 4.67. The Morgan fingerprint density at radius 2 is 1.61 bits per heavy atom. The number of carboxylic acid groups (broad SMARTS) is 1. The Bertz CT molecular complexity index is 610. The van der Waals surface area contributed by atoms with Crippen LogP contribution in [0.4, 0.5) is 0 Å². The van der Waals surface area contributed by atoms with E-state index in [1.54, 1.807) is 6.07 Å². The molecule has 0 radical (unpaired) electrons. The first kappa shape index (κ1) is 11.8. The minimum atomic E-state index is -1.60. The molecule has 1 heterocycles. The van der Waals surface area contributed by atoms with E-state index in [0.717, 1.165) is 0 Å². The molecule has 0 saturated carbocycles. The number of carbonyl (C=O) groups is 3. The lowest BCUT2D eigenvalue weighted by atomic mass is 9.99. The third-order valence-corrected chi connectivity index (χ3v) is 2.36. The van der Waals surface area contributed by atoms with Crippen molar-refractivity contribution < 1.29 is 23.9 Å². The molecule has 5 heteroatoms. The van der Waals surface area contributed by atoms with E-state index in [1.165, 1.54) is 36.6 Å². The fourth-order valence-electron chi connectivity index (χ4n) is 1.53. The third kappa shape index (κ3) is 2.06. The molecule has 0 amide bonds. The lowest BCUT2D eigenvalue weighted by molar-refractivity contribution is -0.131. The second-order valence-corrected chi connectivity index (χ2v) is 3.49. The van der Waals surface area contributed by atoms with Gasteiger partial charge in [0.2, 0.25) is 5.78 Å². The fraction of sp³-hybridized carbons (Fsp3) is 0. The number of hydrogen-bond donors (Lipinski definition) is 1. The number of benzene rings is 1. The van der Waals surface area contributed by atoms with Crippen LogP contribution < -0.4 is 0 Å². The van der Waals surface area contributed by atoms with E-state index in [1.807, 2.05) is 0 Å². The Kier molecular flexibility index (Phi) is 3.05. The molecule has 0 atom stereocenters. The number of carbonyl (C=O) groups excluding carboxylic acids is 2. The van der Waals surface area contributed by atoms with Crippen LogP contribution in [-0.4, -0.2) is 22.6 Å². The first-order chi connectivity index (χ1) is 8.61. The molecule has 1 N–H and O–H groups in total. The zero-order chi connectivity index (χ0) is 13.1. The fourth-order valence-corrected chi connectivity index (χ4v) is 1.53. The Hall–Kier alpha value is -2.69. The van der Waals surface area contributed by atoms with Gasteiger partial charge in [-0.3, -0.25) is 9.59 Å². The van der Waals surface area contributed by atoms with Crippen molar-refractivity contribution >= 4 is 17.5 Å². The van der Waals surface area contributed by atoms with Gasteiger partial charge in [-0.1, -0.05) is 24.3 Å². The predicted octanol–water partition coefficient (Wildman–Crippen LogP) is 1.78. The molecule has 2 rings (SSSR count). The summed E-state index contributed by atoms with van der Waals surface area (Å²) in [7, 11) is 0. The van der Waals surface area contributed by atoms with Crippen LogP contribution in [0.2, 0.25) is 0 Å². The first-order valence-electron chi connectivity index (χ1n) is 5.06. The maximum atomic E-state index is 12.0. The van der Waals surface area contributed by atoms with E-state index in [9.17, 15) is 14.4 Å². The van der Waals surface area contributed by atoms with Gasteiger partial charge in [-0.25, -0.2) is 4.79 Å². The average Bonchev–Trinajstić information content (AvgIpc) is 2.90. The molecule has 0 spiro atoms. The molecule has 2 aromatic rings. The van der Waals surface area contributed by atoms with E-state index in [-0.39, 0.29) is 16.9 Å². The van der Waals surface area contributed by atoms with Gasteiger partial charge in [-0.15, -0.1) is 0 Å². The van der Waals surface area contributed by atoms with Crippen molar-refractivity contribution in [2.45, 2.75) is 0 Å². The number of furan rings is 1. The van der Waals surface area contributed by atoms with Crippen molar-refractivity contribution in [1.82, 2.24) is 0 Å². The molecule has 0 aliphatic heterocycles. The van der Waals surface area contributed by atoms with E-state index < -0.39 is 17.5 Å². The summed E-state index contributed by atoms with van der Waals surface area (Å²) in [4.78, 5) is 34.2. The highest BCUT2D eigenvalue weighted by Crippen LogP contribution is 2.15. The highest BCUT2D eigenvalue weighted by atomic mass is 16.4. The molecule has 0 bridgehead atoms. The van der Waals surface area contributed by atoms with Crippen LogP contribution in [0.5, 0.6) is 0 Å². The standard InChI is InChI=1S/C13H8O5/c14-11(10-6-3-7-18-10)8-4-1-2-5-9(8)12(15)13(16)17/h1-7H,(H,16,17). The number of hydrogen-bond acceptors (Lipinski definition) is 4. The maximum Gasteiger partial charge on any atom is 0.377 e. The van der Waals surface area contributed by atoms with Crippen molar-refractivity contribution in [2.75, 3.05) is 0 Å². The van der Waals surface area contributed by atoms with Crippen molar-refractivity contribution in [3.63, 3.8) is 0 Å². The Labute approximate surface area is 102 Å². The largest absolute Gasteiger partial charge is 0.475 e. The van der Waals surface area contributed by atoms with Crippen LogP contribution in [-0.2, 0) is 4.79 Å². The zero-order valence-corrected chi connectivity index (χ0v) is 9.12. The summed E-state index contributed by atoms with van der Waals surface area (Å²) in [6, 6.07) is 8.72. The van der Waals surface area contributed by atoms with Gasteiger partial charge < -0.3 is 9.52 Å². The first-order valence-corrected chi connectivity index (χ1v) is 5.06. The number of Topliss-reactive ketones (excluding diaryl/α,β-unsaturated/α-hetero) is 1. The lowest BCUT2D eigenvalue weighted by Crippen LogP contribution is -2.17. The van der Waals surface area contributed by atoms with E-state index >= 15 is 0 Å². The summed E-state index contributed by atoms with van der Waals surface area (Å²) >= 11 is 0. The van der Waals surface area contributed by atoms with Crippen molar-refractivity contribution in [2.24, 2.45) is 0 Å². The van der Waals surface area contributed by atoms with Crippen LogP contribution in [0, 0.1) is 0 Å². The number of aliphatic carboxylic acids is 1. The molecule has 0 aliphatic rings. The molecule has 0 saturated heterocycles. The van der Waals surface area contributed by atoms with Gasteiger partial charge in [0, 0.05) is 11.1 Å². The molecule has 0 fully saturated rings. The van der Waals surface area contributed by atoms with E-state index in [0.29, 0.717) is 0 Å². The Morgan fingerprint density at radius 1 is 0.944 bits per heavy atom. The molecule has 90 valence electrons. The zero-order valence-electron chi connectivity index (χ0n) is 9.12. The molecular weight excluding hydrogens is 236 g/mol. The Morgan fingerprint density at radius 3 is 2.17 bits per heavy atom. The minimum absolute atomic E-state index is 0.0138. The van der Waals surface area contributed by atoms with Gasteiger partial charge in [0.25, 0.3) is 5.78 Å². The van der Waals surface area contributed by atoms with Crippen molar-refractivity contribution in [3.05, 3.63) is 59.5 Å². The summed E-state index contributed by atoms with van der Waals surface area (Å²) in [6.07, 6.45) is 1.33. The summed E-state index contributed by atoms with van der Waals surface area (Å²) in [5, 5.41) is 8.69. The van der Waals surface area contributed by atoms with Gasteiger partial charge in [0.15, 0.2) is 5.76 Å². The summed E-state index contributed by atoms with van der Waals surface area (Å²) in [5.74, 6) is -3.19. The summed E-state index contributed by atoms with van der Waals surface area (Å²) in [6.45, 7) is 0. The topological polar surface area (TPSA) is 84.6 Å². The second-order valence-electron chi connectivity index (χ2n) is 3.49. The van der Waals surface area contributed by atoms with Crippen LogP contribution in [0.25, 0.3) is 0 Å². The van der Waals surface area contributed by atoms with Gasteiger partial charge in [0.1, 0.15) is 0 Å². The Balaban J connectivity index is 2.49. The molecule has 1 aromatic heterocycles. The number of ketones is 2. The third-order valence-electron chi connectivity index (χ3n) is 2.36. The molecule has 1 aromatic carbocycles. The van der Waals surface area contributed by atoms with Crippen LogP contribution >= 0.6 is 0 Å². The smallest absolute Gasteiger partial charge is 0.377 e. The average molecular weight is 244 g/mol. The van der Waals surface area contributed by atoms with Crippen LogP contribution in [0.1, 0.15) is 26.5 Å². The number of rotatable bonds is 4. The molecule has 18 heavy (non-hydrogen) atoms. The highest BCUT2D eigenvalue weighted by Gasteiger charge is 2.23. The maximum absolute atomic E-state index is 12.0. The van der Waals surface area contributed by atoms with Gasteiger partial charge >= 0.3 is 5.97 Å². The molecule has 5 nitrogen and oxygen atoms in total. The van der Waals surface area contributed by atoms with E-state index in [4.69, 9.17) is 9.52 Å². The van der Waals surface area contributed by atoms with E-state index in [2.05, 4.69) is 0 Å². The van der Waals surface area contributed by atoms with Crippen LogP contribution in [0.15, 0.2) is 47.1 Å². The van der Waals surface area contributed by atoms with Crippen LogP contribution in [0.3, 0.4) is 0 Å². The monoisotopic (exact) mass is 244 g/mol. The van der Waals surface area contributed by atoms with Crippen molar-refractivity contribution in [3.8, 4) is 0 Å². The molecule has 0 unspecified atom stereocenters. The highest BCUT2D eigenvalue weighted by molar-refractivity contribution is 6.41. The normalized spacial score (nSPS) is 10.0. The quantitative estimate of drug-likeness (QED) is 0.654. The van der Waals surface area contributed by atoms with Gasteiger partial charge in [-0.2, -0.15) is 0 Å². The van der Waals surface area contributed by atoms with Crippen molar-refractivity contribution in [1.29, 1.82) is 0 Å². The van der Waals surface area contributed by atoms with Gasteiger partial charge in [0.05, 0.1) is 6.26 Å². The van der Waals surface area contributed by atoms with Gasteiger partial charge in [-0.05, 0) is 12.1 Å². The number of carboxylic acids is 1.